The molecule has 1 aromatic carbocycles. The van der Waals surface area contributed by atoms with E-state index in [1.807, 2.05) is 0 Å². The summed E-state index contributed by atoms with van der Waals surface area (Å²) in [5.74, 6) is -4.83. The number of hydrogen-bond donors (Lipinski definition) is 0. The predicted octanol–water partition coefficient (Wildman–Crippen LogP) is 2.80. The Morgan fingerprint density at radius 3 is 2.23 bits per heavy atom. The fourth-order valence-electron chi connectivity index (χ4n) is 3.42. The molecule has 1 amide bonds. The van der Waals surface area contributed by atoms with Crippen molar-refractivity contribution < 1.29 is 18.0 Å². The maximum atomic E-state index is 13.7. The van der Waals surface area contributed by atoms with Gasteiger partial charge in [-0.1, -0.05) is 12.8 Å². The average Bonchev–Trinajstić information content (AvgIpc) is 3.07. The molecule has 0 unspecified atom stereocenters. The van der Waals surface area contributed by atoms with Crippen molar-refractivity contribution in [2.75, 3.05) is 26.2 Å². The molecule has 1 saturated heterocycles. The Balaban J connectivity index is 1.66. The Hall–Kier alpha value is -1.56. The van der Waals surface area contributed by atoms with Gasteiger partial charge in [-0.15, -0.1) is 0 Å². The summed E-state index contributed by atoms with van der Waals surface area (Å²) < 4.78 is 39.9. The lowest BCUT2D eigenvalue weighted by molar-refractivity contribution is 0.0568. The number of halogens is 3. The topological polar surface area (TPSA) is 23.6 Å². The molecule has 0 spiro atoms. The van der Waals surface area contributed by atoms with Gasteiger partial charge in [0, 0.05) is 32.2 Å². The van der Waals surface area contributed by atoms with Crippen molar-refractivity contribution in [3.05, 3.63) is 35.1 Å². The Morgan fingerprint density at radius 1 is 0.955 bits per heavy atom. The molecule has 22 heavy (non-hydrogen) atoms. The van der Waals surface area contributed by atoms with E-state index in [-0.39, 0.29) is 0 Å². The van der Waals surface area contributed by atoms with E-state index in [2.05, 4.69) is 4.90 Å². The minimum atomic E-state index is -1.59. The summed E-state index contributed by atoms with van der Waals surface area (Å²) in [4.78, 5) is 16.2. The molecule has 0 N–H and O–H groups in total. The fourth-order valence-corrected chi connectivity index (χ4v) is 3.42. The third kappa shape index (κ3) is 2.84. The molecule has 2 aliphatic rings. The Kier molecular flexibility index (Phi) is 4.38. The van der Waals surface area contributed by atoms with Crippen molar-refractivity contribution in [1.29, 1.82) is 0 Å². The van der Waals surface area contributed by atoms with Crippen LogP contribution in [0.3, 0.4) is 0 Å². The molecule has 0 radical (unpaired) electrons. The van der Waals surface area contributed by atoms with Gasteiger partial charge in [-0.2, -0.15) is 0 Å². The number of hydrogen-bond acceptors (Lipinski definition) is 2. The normalized spacial score (nSPS) is 20.6. The minimum Gasteiger partial charge on any atom is -0.336 e. The second-order valence-corrected chi connectivity index (χ2v) is 5.99. The van der Waals surface area contributed by atoms with Gasteiger partial charge < -0.3 is 4.90 Å². The summed E-state index contributed by atoms with van der Waals surface area (Å²) in [6.45, 7) is 2.49. The molecular formula is C16H19F3N2O. The van der Waals surface area contributed by atoms with Crippen LogP contribution in [0.25, 0.3) is 0 Å². The second kappa shape index (κ2) is 6.28. The highest BCUT2D eigenvalue weighted by Crippen LogP contribution is 2.25. The molecule has 0 aromatic heterocycles. The first kappa shape index (κ1) is 15.3. The lowest BCUT2D eigenvalue weighted by Crippen LogP contribution is -2.51. The third-order valence-electron chi connectivity index (χ3n) is 4.71. The highest BCUT2D eigenvalue weighted by atomic mass is 19.2. The van der Waals surface area contributed by atoms with Crippen LogP contribution in [0, 0.1) is 17.5 Å². The van der Waals surface area contributed by atoms with E-state index in [4.69, 9.17) is 0 Å². The molecule has 3 rings (SSSR count). The monoisotopic (exact) mass is 312 g/mol. The van der Waals surface area contributed by atoms with Crippen molar-refractivity contribution >= 4 is 5.91 Å². The van der Waals surface area contributed by atoms with Crippen LogP contribution in [-0.2, 0) is 0 Å². The highest BCUT2D eigenvalue weighted by Gasteiger charge is 2.29. The molecule has 3 nitrogen and oxygen atoms in total. The largest absolute Gasteiger partial charge is 0.336 e. The molecule has 1 aromatic rings. The third-order valence-corrected chi connectivity index (χ3v) is 4.71. The Labute approximate surface area is 127 Å². The molecule has 1 saturated carbocycles. The summed E-state index contributed by atoms with van der Waals surface area (Å²) in [7, 11) is 0. The van der Waals surface area contributed by atoms with Gasteiger partial charge >= 0.3 is 0 Å². The average molecular weight is 312 g/mol. The van der Waals surface area contributed by atoms with Crippen molar-refractivity contribution in [3.8, 4) is 0 Å². The van der Waals surface area contributed by atoms with Gasteiger partial charge in [0.1, 0.15) is 0 Å². The maximum Gasteiger partial charge on any atom is 0.257 e. The number of carbonyl (C=O) groups is 1. The van der Waals surface area contributed by atoms with E-state index in [0.717, 1.165) is 25.2 Å². The number of piperazine rings is 1. The zero-order chi connectivity index (χ0) is 15.7. The molecule has 6 heteroatoms. The van der Waals surface area contributed by atoms with Crippen LogP contribution in [0.1, 0.15) is 36.0 Å². The van der Waals surface area contributed by atoms with Gasteiger partial charge in [-0.25, -0.2) is 13.2 Å². The Morgan fingerprint density at radius 2 is 1.59 bits per heavy atom. The second-order valence-electron chi connectivity index (χ2n) is 5.99. The van der Waals surface area contributed by atoms with E-state index < -0.39 is 28.9 Å². The zero-order valence-electron chi connectivity index (χ0n) is 12.3. The number of carbonyl (C=O) groups excluding carboxylic acids is 1. The molecule has 120 valence electrons. The molecule has 1 aliphatic carbocycles. The molecule has 0 atom stereocenters. The number of rotatable bonds is 2. The predicted molar refractivity (Wildman–Crippen MR) is 76.0 cm³/mol. The minimum absolute atomic E-state index is 0.395. The van der Waals surface area contributed by atoms with Crippen LogP contribution < -0.4 is 0 Å². The summed E-state index contributed by atoms with van der Waals surface area (Å²) in [6, 6.07) is 2.40. The molecule has 1 heterocycles. The van der Waals surface area contributed by atoms with E-state index in [1.54, 1.807) is 0 Å². The molecular weight excluding hydrogens is 293 g/mol. The first-order valence-corrected chi connectivity index (χ1v) is 7.74. The zero-order valence-corrected chi connectivity index (χ0v) is 12.3. The summed E-state index contributed by atoms with van der Waals surface area (Å²) in [6.07, 6.45) is 4.91. The summed E-state index contributed by atoms with van der Waals surface area (Å²) in [5.41, 5.74) is -0.395. The summed E-state index contributed by atoms with van der Waals surface area (Å²) in [5, 5.41) is 0. The van der Waals surface area contributed by atoms with Crippen molar-refractivity contribution in [3.63, 3.8) is 0 Å². The van der Waals surface area contributed by atoms with E-state index >= 15 is 0 Å². The SMILES string of the molecule is O=C(c1ccc(F)c(F)c1F)N1CCN(C2CCCC2)CC1. The van der Waals surface area contributed by atoms with E-state index in [1.165, 1.54) is 30.6 Å². The van der Waals surface area contributed by atoms with E-state index in [9.17, 15) is 18.0 Å². The lowest BCUT2D eigenvalue weighted by atomic mass is 10.1. The van der Waals surface area contributed by atoms with Crippen molar-refractivity contribution in [2.24, 2.45) is 0 Å². The number of benzene rings is 1. The van der Waals surface area contributed by atoms with Gasteiger partial charge in [-0.05, 0) is 25.0 Å². The standard InChI is InChI=1S/C16H19F3N2O/c17-13-6-5-12(14(18)15(13)19)16(22)21-9-7-20(8-10-21)11-3-1-2-4-11/h5-6,11H,1-4,7-10H2. The number of amides is 1. The van der Waals surface area contributed by atoms with Crippen LogP contribution in [0.15, 0.2) is 12.1 Å². The van der Waals surface area contributed by atoms with E-state index in [0.29, 0.717) is 19.1 Å². The Bertz CT molecular complexity index is 565. The van der Waals surface area contributed by atoms with Crippen LogP contribution in [0.4, 0.5) is 13.2 Å². The fraction of sp³-hybridized carbons (Fsp3) is 0.562. The quantitative estimate of drug-likeness (QED) is 0.784. The number of nitrogens with zero attached hydrogens (tertiary/aromatic N) is 2. The van der Waals surface area contributed by atoms with Crippen molar-refractivity contribution in [1.82, 2.24) is 9.80 Å². The van der Waals surface area contributed by atoms with Crippen LogP contribution in [-0.4, -0.2) is 47.9 Å². The van der Waals surface area contributed by atoms with Crippen LogP contribution in [0.5, 0.6) is 0 Å². The van der Waals surface area contributed by atoms with Gasteiger partial charge in [0.2, 0.25) is 0 Å². The van der Waals surface area contributed by atoms with Gasteiger partial charge in [-0.3, -0.25) is 9.69 Å². The van der Waals surface area contributed by atoms with Gasteiger partial charge in [0.15, 0.2) is 17.5 Å². The first-order valence-electron chi connectivity index (χ1n) is 7.74. The lowest BCUT2D eigenvalue weighted by Gasteiger charge is -2.38. The molecule has 2 fully saturated rings. The molecule has 0 bridgehead atoms. The van der Waals surface area contributed by atoms with Crippen LogP contribution in [0.2, 0.25) is 0 Å². The molecule has 1 aliphatic heterocycles. The highest BCUT2D eigenvalue weighted by molar-refractivity contribution is 5.94. The smallest absolute Gasteiger partial charge is 0.257 e. The van der Waals surface area contributed by atoms with Crippen molar-refractivity contribution in [2.45, 2.75) is 31.7 Å². The maximum absolute atomic E-state index is 13.7. The first-order chi connectivity index (χ1) is 10.6. The summed E-state index contributed by atoms with van der Waals surface area (Å²) >= 11 is 0. The van der Waals surface area contributed by atoms with Gasteiger partial charge in [0.05, 0.1) is 5.56 Å². The van der Waals surface area contributed by atoms with Crippen LogP contribution >= 0.6 is 0 Å². The van der Waals surface area contributed by atoms with Gasteiger partial charge in [0.25, 0.3) is 5.91 Å².